The number of nitrogen functional groups attached to an aromatic ring is 1. The second kappa shape index (κ2) is 19.5. The average molecular weight is 953 g/mol. The van der Waals surface area contributed by atoms with E-state index < -0.39 is 52.0 Å². The highest BCUT2D eigenvalue weighted by molar-refractivity contribution is 5.95. The number of piperazine rings is 2. The zero-order valence-electron chi connectivity index (χ0n) is 34.2. The molecule has 2 amide bonds. The minimum Gasteiger partial charge on any atom is -0.399 e. The Morgan fingerprint density at radius 3 is 1.15 bits per heavy atom. The summed E-state index contributed by atoms with van der Waals surface area (Å²) in [4.78, 5) is 41.9. The normalized spacial score (nSPS) is 16.1. The van der Waals surface area contributed by atoms with E-state index >= 15 is 0 Å². The van der Waals surface area contributed by atoms with Crippen LogP contribution < -0.4 is 5.73 Å². The van der Waals surface area contributed by atoms with Crippen LogP contribution in [0.4, 0.5) is 64.1 Å². The van der Waals surface area contributed by atoms with Gasteiger partial charge in [0.2, 0.25) is 0 Å². The molecule has 4 aromatic rings. The van der Waals surface area contributed by atoms with Crippen molar-refractivity contribution in [1.29, 1.82) is 0 Å². The van der Waals surface area contributed by atoms with Gasteiger partial charge in [0.25, 0.3) is 28.7 Å². The van der Waals surface area contributed by atoms with Crippen molar-refractivity contribution in [1.82, 2.24) is 19.6 Å². The molecule has 0 aliphatic carbocycles. The minimum atomic E-state index is -5.96. The molecule has 0 bridgehead atoms. The highest BCUT2D eigenvalue weighted by atomic mass is 19.4. The number of carbonyl (C=O) groups is 2. The highest BCUT2D eigenvalue weighted by Gasteiger charge is 2.72. The first kappa shape index (κ1) is 51.0. The molecule has 0 atom stereocenters. The summed E-state index contributed by atoms with van der Waals surface area (Å²) in [5, 5.41) is 29.9. The van der Waals surface area contributed by atoms with E-state index in [1.54, 1.807) is 34.1 Å². The summed E-state index contributed by atoms with van der Waals surface area (Å²) in [6.07, 6.45) is -23.8. The van der Waals surface area contributed by atoms with Gasteiger partial charge in [-0.1, -0.05) is 48.5 Å². The van der Waals surface area contributed by atoms with Gasteiger partial charge in [-0.15, -0.1) is 0 Å². The molecule has 24 heteroatoms. The summed E-state index contributed by atoms with van der Waals surface area (Å²) in [6.45, 7) is 2.62. The second-order valence-corrected chi connectivity index (χ2v) is 15.4. The fourth-order valence-corrected chi connectivity index (χ4v) is 7.22. The van der Waals surface area contributed by atoms with Gasteiger partial charge in [-0.3, -0.25) is 29.5 Å². The number of halogens is 12. The molecule has 6 rings (SSSR count). The number of benzene rings is 4. The number of hydrogen-bond donors (Lipinski definition) is 3. The van der Waals surface area contributed by atoms with Crippen LogP contribution >= 0.6 is 0 Å². The van der Waals surface area contributed by atoms with Gasteiger partial charge in [0.1, 0.15) is 0 Å². The molecule has 66 heavy (non-hydrogen) atoms. The van der Waals surface area contributed by atoms with E-state index in [9.17, 15) is 82.6 Å². The number of nitrogens with two attached hydrogens (primary N) is 1. The molecule has 4 aromatic carbocycles. The molecule has 0 saturated carbocycles. The lowest BCUT2D eigenvalue weighted by Gasteiger charge is -2.35. The molecular formula is C42H40F12N6O6. The number of aliphatic hydroxyl groups is 2. The molecular weight excluding hydrogens is 912 g/mol. The van der Waals surface area contributed by atoms with Crippen molar-refractivity contribution in [3.05, 3.63) is 141 Å². The summed E-state index contributed by atoms with van der Waals surface area (Å²) in [5.41, 5.74) is -5.53. The lowest BCUT2D eigenvalue weighted by molar-refractivity contribution is -0.384. The van der Waals surface area contributed by atoms with Gasteiger partial charge in [0.15, 0.2) is 0 Å². The molecule has 0 aromatic heterocycles. The third-order valence-electron chi connectivity index (χ3n) is 10.9. The predicted octanol–water partition coefficient (Wildman–Crippen LogP) is 7.40. The number of anilines is 1. The van der Waals surface area contributed by atoms with Crippen molar-refractivity contribution >= 4 is 23.2 Å². The summed E-state index contributed by atoms with van der Waals surface area (Å²) in [7, 11) is 0. The Balaban J connectivity index is 0.000000248. The van der Waals surface area contributed by atoms with Crippen molar-refractivity contribution in [2.45, 2.75) is 49.0 Å². The van der Waals surface area contributed by atoms with Crippen LogP contribution in [0.2, 0.25) is 0 Å². The van der Waals surface area contributed by atoms with Crippen molar-refractivity contribution in [2.75, 3.05) is 58.1 Å². The van der Waals surface area contributed by atoms with Crippen molar-refractivity contribution in [3.8, 4) is 0 Å². The van der Waals surface area contributed by atoms with Crippen LogP contribution in [0.15, 0.2) is 97.1 Å². The molecule has 0 unspecified atom stereocenters. The maximum Gasteiger partial charge on any atom is 0.430 e. The van der Waals surface area contributed by atoms with Crippen LogP contribution in [0.1, 0.15) is 43.0 Å². The number of rotatable bonds is 9. The Bertz CT molecular complexity index is 2300. The number of amides is 2. The van der Waals surface area contributed by atoms with Gasteiger partial charge < -0.3 is 25.7 Å². The van der Waals surface area contributed by atoms with E-state index in [4.69, 9.17) is 5.73 Å². The lowest BCUT2D eigenvalue weighted by Crippen LogP contribution is -2.54. The van der Waals surface area contributed by atoms with Crippen LogP contribution in [0.25, 0.3) is 0 Å². The van der Waals surface area contributed by atoms with Gasteiger partial charge in [-0.2, -0.15) is 52.7 Å². The Labute approximate surface area is 367 Å². The molecule has 0 radical (unpaired) electrons. The maximum absolute atomic E-state index is 13.1. The van der Waals surface area contributed by atoms with Crippen LogP contribution in [0.5, 0.6) is 0 Å². The zero-order valence-corrected chi connectivity index (χ0v) is 34.2. The SMILES string of the molecule is Nc1ccc(C(=O)N2CCN(Cc3cccc(C(O)(C(F)(F)F)C(F)(F)F)c3)CC2)cc1.O=C(c1ccc([N+](=O)[O-])cc1)N1CCN(Cc2cccc(C(O)(C(F)(F)F)C(F)(F)F)c2)CC1. The zero-order chi connectivity index (χ0) is 49.0. The lowest BCUT2D eigenvalue weighted by atomic mass is 9.91. The molecule has 12 nitrogen and oxygen atoms in total. The number of alkyl halides is 12. The van der Waals surface area contributed by atoms with E-state index in [-0.39, 0.29) is 60.4 Å². The fourth-order valence-electron chi connectivity index (χ4n) is 7.22. The number of nitro groups is 1. The predicted molar refractivity (Wildman–Crippen MR) is 211 cm³/mol. The molecule has 2 fully saturated rings. The standard InChI is InChI=1S/C21H19F6N3O4.C21H21F6N3O2/c22-20(23,24)19(32,21(25,26)27)16-3-1-2-14(12-16)13-28-8-10-29(11-9-28)18(31)15-4-6-17(7-5-15)30(33)34;22-20(23,24)19(32,21(25,26)27)16-3-1-2-14(12-16)13-29-8-10-30(11-9-29)18(31)15-4-6-17(28)7-5-15/h1-7,12,32H,8-11,13H2;1-7,12,32H,8-11,13,28H2. The monoisotopic (exact) mass is 952 g/mol. The first-order valence-corrected chi connectivity index (χ1v) is 19.6. The van der Waals surface area contributed by atoms with E-state index in [2.05, 4.69) is 0 Å². The van der Waals surface area contributed by atoms with Gasteiger partial charge in [-0.05, 0) is 47.5 Å². The molecule has 2 aliphatic rings. The van der Waals surface area contributed by atoms with Gasteiger partial charge in [0, 0.05) is 106 Å². The van der Waals surface area contributed by atoms with E-state index in [0.29, 0.717) is 74.8 Å². The first-order valence-electron chi connectivity index (χ1n) is 19.6. The first-order chi connectivity index (χ1) is 30.6. The third kappa shape index (κ3) is 11.2. The van der Waals surface area contributed by atoms with E-state index in [0.717, 1.165) is 12.1 Å². The Morgan fingerprint density at radius 1 is 0.530 bits per heavy atom. The van der Waals surface area contributed by atoms with Crippen molar-refractivity contribution in [3.63, 3.8) is 0 Å². The summed E-state index contributed by atoms with van der Waals surface area (Å²) in [5.74, 6) is -0.538. The summed E-state index contributed by atoms with van der Waals surface area (Å²) < 4.78 is 158. The quantitative estimate of drug-likeness (QED) is 0.0674. The third-order valence-corrected chi connectivity index (χ3v) is 10.9. The fraction of sp³-hybridized carbons (Fsp3) is 0.381. The molecule has 2 heterocycles. The second-order valence-electron chi connectivity index (χ2n) is 15.4. The Kier molecular flexibility index (Phi) is 15.0. The van der Waals surface area contributed by atoms with Gasteiger partial charge >= 0.3 is 24.7 Å². The van der Waals surface area contributed by atoms with Crippen LogP contribution in [-0.2, 0) is 24.3 Å². The molecule has 358 valence electrons. The van der Waals surface area contributed by atoms with Crippen molar-refractivity contribution < 1.29 is 77.4 Å². The maximum atomic E-state index is 13.1. The average Bonchev–Trinajstić information content (AvgIpc) is 3.25. The van der Waals surface area contributed by atoms with Gasteiger partial charge in [0.05, 0.1) is 4.92 Å². The smallest absolute Gasteiger partial charge is 0.399 e. The molecule has 0 spiro atoms. The summed E-state index contributed by atoms with van der Waals surface area (Å²) >= 11 is 0. The number of non-ortho nitro benzene ring substituents is 1. The number of hydrogen-bond acceptors (Lipinski definition) is 9. The largest absolute Gasteiger partial charge is 0.430 e. The van der Waals surface area contributed by atoms with E-state index in [1.165, 1.54) is 41.3 Å². The molecule has 2 aliphatic heterocycles. The Hall–Kier alpha value is -5.98. The molecule has 4 N–H and O–H groups in total. The Morgan fingerprint density at radius 2 is 0.848 bits per heavy atom. The number of nitrogens with zero attached hydrogens (tertiary/aromatic N) is 5. The van der Waals surface area contributed by atoms with Crippen LogP contribution in [0, 0.1) is 10.1 Å². The number of carbonyl (C=O) groups excluding carboxylic acids is 2. The van der Waals surface area contributed by atoms with Gasteiger partial charge in [-0.25, -0.2) is 0 Å². The van der Waals surface area contributed by atoms with Crippen molar-refractivity contribution in [2.24, 2.45) is 0 Å². The number of nitro benzene ring substituents is 1. The molecule has 2 saturated heterocycles. The topological polar surface area (TPSA) is 157 Å². The minimum absolute atomic E-state index is 0.0131. The van der Waals surface area contributed by atoms with E-state index in [1.807, 2.05) is 4.90 Å². The van der Waals surface area contributed by atoms with Crippen LogP contribution in [-0.4, -0.2) is 124 Å². The van der Waals surface area contributed by atoms with Crippen LogP contribution in [0.3, 0.4) is 0 Å². The highest BCUT2D eigenvalue weighted by Crippen LogP contribution is 2.51. The summed E-state index contributed by atoms with van der Waals surface area (Å²) in [6, 6.07) is 18.9.